The van der Waals surface area contributed by atoms with Gasteiger partial charge in [0.1, 0.15) is 0 Å². The van der Waals surface area contributed by atoms with Crippen LogP contribution in [-0.2, 0) is 0 Å². The third kappa shape index (κ3) is 3.33. The van der Waals surface area contributed by atoms with Gasteiger partial charge in [-0.3, -0.25) is 0 Å². The Bertz CT molecular complexity index is 1250. The first-order chi connectivity index (χ1) is 14.8. The van der Waals surface area contributed by atoms with E-state index < -0.39 is 0 Å². The third-order valence-corrected chi connectivity index (χ3v) is 5.44. The molecule has 0 aliphatic rings. The zero-order valence-electron chi connectivity index (χ0n) is 16.9. The monoisotopic (exact) mass is 386 g/mol. The Labute approximate surface area is 177 Å². The van der Waals surface area contributed by atoms with E-state index in [1.807, 2.05) is 18.2 Å². The molecule has 2 nitrogen and oxygen atoms in total. The maximum atomic E-state index is 5.05. The van der Waals surface area contributed by atoms with Gasteiger partial charge in [-0.05, 0) is 30.2 Å². The number of rotatable bonds is 4. The fourth-order valence-electron chi connectivity index (χ4n) is 3.91. The predicted molar refractivity (Wildman–Crippen MR) is 125 cm³/mol. The molecular formula is C28H22N2. The van der Waals surface area contributed by atoms with Gasteiger partial charge in [0.2, 0.25) is 0 Å². The van der Waals surface area contributed by atoms with Gasteiger partial charge in [-0.1, -0.05) is 103 Å². The van der Waals surface area contributed by atoms with Crippen molar-refractivity contribution in [2.75, 3.05) is 0 Å². The van der Waals surface area contributed by atoms with E-state index in [1.165, 1.54) is 22.3 Å². The average Bonchev–Trinajstić information content (AvgIpc) is 3.18. The highest BCUT2D eigenvalue weighted by atomic mass is 15.3. The quantitative estimate of drug-likeness (QED) is 0.320. The van der Waals surface area contributed by atoms with Gasteiger partial charge in [0.05, 0.1) is 17.1 Å². The Morgan fingerprint density at radius 2 is 0.967 bits per heavy atom. The Morgan fingerprint density at radius 1 is 0.500 bits per heavy atom. The molecule has 30 heavy (non-hydrogen) atoms. The van der Waals surface area contributed by atoms with Crippen molar-refractivity contribution in [2.24, 2.45) is 0 Å². The lowest BCUT2D eigenvalue weighted by atomic mass is 10.00. The molecule has 0 N–H and O–H groups in total. The molecule has 1 heterocycles. The number of para-hydroxylation sites is 1. The normalized spacial score (nSPS) is 10.8. The van der Waals surface area contributed by atoms with Crippen molar-refractivity contribution in [1.29, 1.82) is 0 Å². The summed E-state index contributed by atoms with van der Waals surface area (Å²) in [5, 5.41) is 5.05. The van der Waals surface area contributed by atoms with E-state index >= 15 is 0 Å². The molecule has 0 aliphatic carbocycles. The summed E-state index contributed by atoms with van der Waals surface area (Å²) in [5.41, 5.74) is 9.10. The fraction of sp³-hybridized carbons (Fsp3) is 0.0357. The fourth-order valence-corrected chi connectivity index (χ4v) is 3.91. The van der Waals surface area contributed by atoms with Gasteiger partial charge in [-0.25, -0.2) is 4.68 Å². The van der Waals surface area contributed by atoms with Crippen molar-refractivity contribution in [3.05, 3.63) is 121 Å². The molecule has 144 valence electrons. The Balaban J connectivity index is 1.64. The molecule has 0 unspecified atom stereocenters. The van der Waals surface area contributed by atoms with Crippen LogP contribution in [0, 0.1) is 6.92 Å². The number of benzene rings is 4. The zero-order chi connectivity index (χ0) is 20.3. The summed E-state index contributed by atoms with van der Waals surface area (Å²) in [7, 11) is 0. The second-order valence-electron chi connectivity index (χ2n) is 7.38. The average molecular weight is 386 g/mol. The molecule has 0 spiro atoms. The highest BCUT2D eigenvalue weighted by Crippen LogP contribution is 2.34. The van der Waals surface area contributed by atoms with E-state index in [2.05, 4.69) is 109 Å². The highest BCUT2D eigenvalue weighted by molar-refractivity contribution is 5.77. The highest BCUT2D eigenvalue weighted by Gasteiger charge is 2.18. The summed E-state index contributed by atoms with van der Waals surface area (Å²) in [5.74, 6) is 0. The standard InChI is InChI=1S/C28H22N2/c1-21-27(24-19-17-23(18-20-24)22-11-5-2-6-12-22)29-30(26-15-9-4-10-16-26)28(21)25-13-7-3-8-14-25/h2-20H,1H3. The van der Waals surface area contributed by atoms with Crippen molar-refractivity contribution in [1.82, 2.24) is 9.78 Å². The molecule has 0 radical (unpaired) electrons. The second kappa shape index (κ2) is 7.84. The third-order valence-electron chi connectivity index (χ3n) is 5.44. The smallest absolute Gasteiger partial charge is 0.0963 e. The number of hydrogen-bond donors (Lipinski definition) is 0. The first-order valence-electron chi connectivity index (χ1n) is 10.2. The summed E-state index contributed by atoms with van der Waals surface area (Å²) in [6.45, 7) is 2.16. The van der Waals surface area contributed by atoms with E-state index in [9.17, 15) is 0 Å². The van der Waals surface area contributed by atoms with Crippen LogP contribution in [0.1, 0.15) is 5.56 Å². The Morgan fingerprint density at radius 3 is 1.57 bits per heavy atom. The molecule has 0 atom stereocenters. The van der Waals surface area contributed by atoms with Crippen molar-refractivity contribution >= 4 is 0 Å². The van der Waals surface area contributed by atoms with Gasteiger partial charge in [0.25, 0.3) is 0 Å². The van der Waals surface area contributed by atoms with Gasteiger partial charge in [0.15, 0.2) is 0 Å². The molecule has 0 amide bonds. The number of aromatic nitrogens is 2. The van der Waals surface area contributed by atoms with Crippen LogP contribution < -0.4 is 0 Å². The van der Waals surface area contributed by atoms with E-state index in [1.54, 1.807) is 0 Å². The molecule has 0 saturated heterocycles. The molecule has 5 rings (SSSR count). The van der Waals surface area contributed by atoms with Crippen LogP contribution >= 0.6 is 0 Å². The summed E-state index contributed by atoms with van der Waals surface area (Å²) in [6, 6.07) is 40.0. The lowest BCUT2D eigenvalue weighted by Gasteiger charge is -2.08. The molecule has 2 heteroatoms. The SMILES string of the molecule is Cc1c(-c2ccc(-c3ccccc3)cc2)nn(-c2ccccc2)c1-c1ccccc1. The van der Waals surface area contributed by atoms with Crippen LogP contribution in [0.25, 0.3) is 39.3 Å². The molecular weight excluding hydrogens is 364 g/mol. The van der Waals surface area contributed by atoms with E-state index in [4.69, 9.17) is 5.10 Å². The maximum Gasteiger partial charge on any atom is 0.0963 e. The summed E-state index contributed by atoms with van der Waals surface area (Å²) < 4.78 is 2.06. The molecule has 5 aromatic rings. The van der Waals surface area contributed by atoms with Gasteiger partial charge in [-0.2, -0.15) is 5.10 Å². The van der Waals surface area contributed by atoms with Crippen LogP contribution in [0.4, 0.5) is 0 Å². The van der Waals surface area contributed by atoms with E-state index in [0.717, 1.165) is 22.6 Å². The van der Waals surface area contributed by atoms with Gasteiger partial charge in [-0.15, -0.1) is 0 Å². The maximum absolute atomic E-state index is 5.05. The van der Waals surface area contributed by atoms with Crippen LogP contribution in [0.3, 0.4) is 0 Å². The first-order valence-corrected chi connectivity index (χ1v) is 10.2. The minimum atomic E-state index is 1.01. The minimum Gasteiger partial charge on any atom is -0.232 e. The minimum absolute atomic E-state index is 1.01. The lowest BCUT2D eigenvalue weighted by molar-refractivity contribution is 0.891. The molecule has 4 aromatic carbocycles. The van der Waals surface area contributed by atoms with E-state index in [0.29, 0.717) is 0 Å². The van der Waals surface area contributed by atoms with Crippen LogP contribution in [0.5, 0.6) is 0 Å². The van der Waals surface area contributed by atoms with Crippen molar-refractivity contribution in [2.45, 2.75) is 6.92 Å². The zero-order valence-corrected chi connectivity index (χ0v) is 16.9. The molecule has 0 aliphatic heterocycles. The van der Waals surface area contributed by atoms with Crippen molar-refractivity contribution in [3.8, 4) is 39.3 Å². The first kappa shape index (κ1) is 18.1. The van der Waals surface area contributed by atoms with Crippen LogP contribution in [0.2, 0.25) is 0 Å². The number of nitrogens with zero attached hydrogens (tertiary/aromatic N) is 2. The van der Waals surface area contributed by atoms with Gasteiger partial charge in [0, 0.05) is 16.7 Å². The van der Waals surface area contributed by atoms with E-state index in [-0.39, 0.29) is 0 Å². The summed E-state index contributed by atoms with van der Waals surface area (Å²) in [4.78, 5) is 0. The van der Waals surface area contributed by atoms with Crippen LogP contribution in [0.15, 0.2) is 115 Å². The van der Waals surface area contributed by atoms with Crippen molar-refractivity contribution in [3.63, 3.8) is 0 Å². The Hall–Kier alpha value is -3.91. The Kier molecular flexibility index (Phi) is 4.74. The number of hydrogen-bond acceptors (Lipinski definition) is 1. The predicted octanol–water partition coefficient (Wildman–Crippen LogP) is 7.18. The van der Waals surface area contributed by atoms with Gasteiger partial charge < -0.3 is 0 Å². The topological polar surface area (TPSA) is 17.8 Å². The second-order valence-corrected chi connectivity index (χ2v) is 7.38. The summed E-state index contributed by atoms with van der Waals surface area (Å²) in [6.07, 6.45) is 0. The van der Waals surface area contributed by atoms with Crippen molar-refractivity contribution < 1.29 is 0 Å². The molecule has 0 bridgehead atoms. The van der Waals surface area contributed by atoms with Crippen LogP contribution in [-0.4, -0.2) is 9.78 Å². The molecule has 0 fully saturated rings. The molecule has 1 aromatic heterocycles. The van der Waals surface area contributed by atoms with Gasteiger partial charge >= 0.3 is 0 Å². The molecule has 0 saturated carbocycles. The largest absolute Gasteiger partial charge is 0.232 e. The lowest BCUT2D eigenvalue weighted by Crippen LogP contribution is -1.99. The summed E-state index contributed by atoms with van der Waals surface area (Å²) >= 11 is 0.